The molecule has 2 aromatic rings. The van der Waals surface area contributed by atoms with E-state index in [1.807, 2.05) is 37.4 Å². The van der Waals surface area contributed by atoms with Crippen molar-refractivity contribution in [3.05, 3.63) is 50.1 Å². The van der Waals surface area contributed by atoms with Gasteiger partial charge in [0.05, 0.1) is 10.6 Å². The number of hydrogen-bond acceptors (Lipinski definition) is 2. The van der Waals surface area contributed by atoms with Crippen LogP contribution in [-0.4, -0.2) is 5.91 Å². The summed E-state index contributed by atoms with van der Waals surface area (Å²) >= 11 is 4.92. The van der Waals surface area contributed by atoms with E-state index < -0.39 is 0 Å². The van der Waals surface area contributed by atoms with Crippen LogP contribution >= 0.6 is 27.3 Å². The number of thiophene rings is 1. The normalized spacial score (nSPS) is 10.3. The maximum atomic E-state index is 11.9. The van der Waals surface area contributed by atoms with Crippen molar-refractivity contribution >= 4 is 38.9 Å². The Hall–Kier alpha value is -1.13. The fourth-order valence-corrected chi connectivity index (χ4v) is 3.05. The highest BCUT2D eigenvalue weighted by Gasteiger charge is 2.11. The molecular formula is C13H12BrNOS. The van der Waals surface area contributed by atoms with Crippen molar-refractivity contribution < 1.29 is 4.79 Å². The highest BCUT2D eigenvalue weighted by molar-refractivity contribution is 9.10. The van der Waals surface area contributed by atoms with Gasteiger partial charge in [0, 0.05) is 4.47 Å². The summed E-state index contributed by atoms with van der Waals surface area (Å²) in [5, 5.41) is 4.83. The second-order valence-corrected chi connectivity index (χ2v) is 5.67. The zero-order valence-corrected chi connectivity index (χ0v) is 12.0. The molecule has 1 heterocycles. The molecule has 0 aliphatic rings. The average Bonchev–Trinajstić information content (AvgIpc) is 2.76. The molecule has 0 atom stereocenters. The van der Waals surface area contributed by atoms with Crippen LogP contribution in [0.1, 0.15) is 20.8 Å². The Labute approximate surface area is 113 Å². The van der Waals surface area contributed by atoms with Crippen molar-refractivity contribution in [1.29, 1.82) is 0 Å². The van der Waals surface area contributed by atoms with Gasteiger partial charge in [-0.25, -0.2) is 0 Å². The predicted octanol–water partition coefficient (Wildman–Crippen LogP) is 4.38. The van der Waals surface area contributed by atoms with Crippen molar-refractivity contribution in [2.45, 2.75) is 13.8 Å². The minimum atomic E-state index is -0.0624. The van der Waals surface area contributed by atoms with Crippen molar-refractivity contribution in [3.63, 3.8) is 0 Å². The zero-order valence-electron chi connectivity index (χ0n) is 9.58. The second-order valence-electron chi connectivity index (χ2n) is 3.87. The summed E-state index contributed by atoms with van der Waals surface area (Å²) in [7, 11) is 0. The largest absolute Gasteiger partial charge is 0.320 e. The van der Waals surface area contributed by atoms with Gasteiger partial charge in [-0.2, -0.15) is 0 Å². The molecule has 0 aliphatic heterocycles. The number of rotatable bonds is 2. The predicted molar refractivity (Wildman–Crippen MR) is 75.9 cm³/mol. The topological polar surface area (TPSA) is 29.1 Å². The van der Waals surface area contributed by atoms with Crippen LogP contribution in [0.3, 0.4) is 0 Å². The number of hydrogen-bond donors (Lipinski definition) is 1. The van der Waals surface area contributed by atoms with Gasteiger partial charge in [-0.05, 0) is 58.4 Å². The van der Waals surface area contributed by atoms with Crippen LogP contribution in [-0.2, 0) is 0 Å². The van der Waals surface area contributed by atoms with Gasteiger partial charge in [0.2, 0.25) is 0 Å². The molecule has 0 fully saturated rings. The summed E-state index contributed by atoms with van der Waals surface area (Å²) in [6, 6.07) is 7.74. The number of benzene rings is 1. The van der Waals surface area contributed by atoms with E-state index in [-0.39, 0.29) is 5.91 Å². The number of amides is 1. The van der Waals surface area contributed by atoms with E-state index in [1.54, 1.807) is 0 Å². The molecule has 0 saturated carbocycles. The van der Waals surface area contributed by atoms with E-state index in [9.17, 15) is 4.79 Å². The first-order valence-electron chi connectivity index (χ1n) is 5.19. The first-order chi connectivity index (χ1) is 8.08. The molecular weight excluding hydrogens is 298 g/mol. The number of nitrogens with one attached hydrogen (secondary N) is 1. The lowest BCUT2D eigenvalue weighted by atomic mass is 10.1. The molecule has 0 radical (unpaired) electrons. The number of anilines is 1. The van der Waals surface area contributed by atoms with E-state index in [1.165, 1.54) is 16.9 Å². The molecule has 0 aliphatic carbocycles. The Kier molecular flexibility index (Phi) is 3.64. The third-order valence-electron chi connectivity index (χ3n) is 2.42. The lowest BCUT2D eigenvalue weighted by molar-refractivity contribution is 0.103. The van der Waals surface area contributed by atoms with Gasteiger partial charge in [0.25, 0.3) is 5.91 Å². The summed E-state index contributed by atoms with van der Waals surface area (Å²) in [4.78, 5) is 12.7. The second kappa shape index (κ2) is 5.02. The Morgan fingerprint density at radius 2 is 2.12 bits per heavy atom. The number of carbonyl (C=O) groups is 1. The van der Waals surface area contributed by atoms with Crippen LogP contribution in [0.25, 0.3) is 0 Å². The minimum absolute atomic E-state index is 0.0624. The SMILES string of the molecule is Cc1cc(C)c(NC(=O)c2cccs2)c(Br)c1. The summed E-state index contributed by atoms with van der Waals surface area (Å²) < 4.78 is 0.917. The fraction of sp³-hybridized carbons (Fsp3) is 0.154. The number of carbonyl (C=O) groups excluding carboxylic acids is 1. The summed E-state index contributed by atoms with van der Waals surface area (Å²) in [5.74, 6) is -0.0624. The van der Waals surface area contributed by atoms with Gasteiger partial charge >= 0.3 is 0 Å². The van der Waals surface area contributed by atoms with Gasteiger partial charge in [0.15, 0.2) is 0 Å². The van der Waals surface area contributed by atoms with E-state index in [0.29, 0.717) is 0 Å². The molecule has 0 saturated heterocycles. The fourth-order valence-electron chi connectivity index (χ4n) is 1.66. The quantitative estimate of drug-likeness (QED) is 0.876. The Bertz CT molecular complexity index is 526. The lowest BCUT2D eigenvalue weighted by Gasteiger charge is -2.11. The molecule has 1 amide bonds. The summed E-state index contributed by atoms with van der Waals surface area (Å²) in [6.45, 7) is 4.02. The maximum absolute atomic E-state index is 11.9. The van der Waals surface area contributed by atoms with Crippen LogP contribution in [0.2, 0.25) is 0 Å². The van der Waals surface area contributed by atoms with Crippen molar-refractivity contribution in [2.24, 2.45) is 0 Å². The molecule has 2 rings (SSSR count). The molecule has 0 bridgehead atoms. The Balaban J connectivity index is 2.28. The van der Waals surface area contributed by atoms with E-state index in [0.717, 1.165) is 20.6 Å². The van der Waals surface area contributed by atoms with Gasteiger partial charge in [0.1, 0.15) is 0 Å². The van der Waals surface area contributed by atoms with Crippen LogP contribution in [0.4, 0.5) is 5.69 Å². The van der Waals surface area contributed by atoms with E-state index in [2.05, 4.69) is 27.3 Å². The van der Waals surface area contributed by atoms with Crippen molar-refractivity contribution in [2.75, 3.05) is 5.32 Å². The van der Waals surface area contributed by atoms with Gasteiger partial charge in [-0.1, -0.05) is 12.1 Å². The number of aryl methyl sites for hydroxylation is 2. The van der Waals surface area contributed by atoms with Crippen LogP contribution < -0.4 is 5.32 Å². The Morgan fingerprint density at radius 1 is 1.35 bits per heavy atom. The van der Waals surface area contributed by atoms with Crippen molar-refractivity contribution in [3.8, 4) is 0 Å². The average molecular weight is 310 g/mol. The molecule has 0 unspecified atom stereocenters. The standard InChI is InChI=1S/C13H12BrNOS/c1-8-6-9(2)12(10(14)7-8)15-13(16)11-4-3-5-17-11/h3-7H,1-2H3,(H,15,16). The smallest absolute Gasteiger partial charge is 0.265 e. The molecule has 4 heteroatoms. The summed E-state index contributed by atoms with van der Waals surface area (Å²) in [5.41, 5.74) is 3.07. The maximum Gasteiger partial charge on any atom is 0.265 e. The molecule has 1 N–H and O–H groups in total. The molecule has 0 spiro atoms. The minimum Gasteiger partial charge on any atom is -0.320 e. The van der Waals surface area contributed by atoms with Gasteiger partial charge < -0.3 is 5.32 Å². The van der Waals surface area contributed by atoms with Crippen LogP contribution in [0.5, 0.6) is 0 Å². The van der Waals surface area contributed by atoms with Crippen LogP contribution in [0, 0.1) is 13.8 Å². The molecule has 1 aromatic heterocycles. The molecule has 17 heavy (non-hydrogen) atoms. The highest BCUT2D eigenvalue weighted by atomic mass is 79.9. The monoisotopic (exact) mass is 309 g/mol. The van der Waals surface area contributed by atoms with Crippen LogP contribution in [0.15, 0.2) is 34.1 Å². The highest BCUT2D eigenvalue weighted by Crippen LogP contribution is 2.28. The van der Waals surface area contributed by atoms with E-state index >= 15 is 0 Å². The first-order valence-corrected chi connectivity index (χ1v) is 6.87. The third kappa shape index (κ3) is 2.76. The lowest BCUT2D eigenvalue weighted by Crippen LogP contribution is -2.11. The number of halogens is 1. The first kappa shape index (κ1) is 12.3. The molecule has 2 nitrogen and oxygen atoms in total. The molecule has 88 valence electrons. The third-order valence-corrected chi connectivity index (χ3v) is 3.91. The van der Waals surface area contributed by atoms with Gasteiger partial charge in [-0.3, -0.25) is 4.79 Å². The zero-order chi connectivity index (χ0) is 12.4. The summed E-state index contributed by atoms with van der Waals surface area (Å²) in [6.07, 6.45) is 0. The van der Waals surface area contributed by atoms with E-state index in [4.69, 9.17) is 0 Å². The van der Waals surface area contributed by atoms with Gasteiger partial charge in [-0.15, -0.1) is 11.3 Å². The Morgan fingerprint density at radius 3 is 2.71 bits per heavy atom. The molecule has 1 aromatic carbocycles. The van der Waals surface area contributed by atoms with Crippen molar-refractivity contribution in [1.82, 2.24) is 0 Å².